The van der Waals surface area contributed by atoms with Gasteiger partial charge < -0.3 is 14.8 Å². The number of carbonyl (C=O) groups excluding carboxylic acids is 5. The van der Waals surface area contributed by atoms with Crippen LogP contribution in [0.5, 0.6) is 0 Å². The Morgan fingerprint density at radius 2 is 1.59 bits per heavy atom. The number of likely N-dealkylation sites (tertiary alicyclic amines) is 1. The van der Waals surface area contributed by atoms with Crippen LogP contribution >= 0.6 is 0 Å². The number of fused-ring (bicyclic) bond motifs is 5. The van der Waals surface area contributed by atoms with Gasteiger partial charge in [-0.15, -0.1) is 0 Å². The minimum Gasteiger partial charge on any atom is -0.462 e. The third kappa shape index (κ3) is 4.22. The number of anilines is 1. The van der Waals surface area contributed by atoms with Crippen molar-refractivity contribution in [3.05, 3.63) is 42.0 Å². The van der Waals surface area contributed by atoms with E-state index in [1.54, 1.807) is 20.8 Å². The average Bonchev–Trinajstić information content (AvgIpc) is 3.48. The molecule has 3 amide bonds. The maximum absolute atomic E-state index is 13.1. The number of nitrogens with zero attached hydrogens (tertiary/aromatic N) is 1. The van der Waals surface area contributed by atoms with Crippen LogP contribution in [0.1, 0.15) is 37.6 Å². The Hall–Kier alpha value is -3.49. The van der Waals surface area contributed by atoms with Gasteiger partial charge in [-0.2, -0.15) is 0 Å². The highest BCUT2D eigenvalue weighted by Crippen LogP contribution is 2.53. The zero-order chi connectivity index (χ0) is 24.6. The van der Waals surface area contributed by atoms with E-state index in [2.05, 4.69) is 5.32 Å². The Balaban J connectivity index is 1.36. The number of esters is 2. The lowest BCUT2D eigenvalue weighted by Crippen LogP contribution is -2.50. The van der Waals surface area contributed by atoms with E-state index in [-0.39, 0.29) is 36.2 Å². The van der Waals surface area contributed by atoms with Crippen LogP contribution in [0, 0.1) is 29.6 Å². The van der Waals surface area contributed by atoms with Gasteiger partial charge in [0.2, 0.25) is 11.8 Å². The molecular weight excluding hydrogens is 440 g/mol. The number of ether oxygens (including phenoxy) is 2. The predicted octanol–water partition coefficient (Wildman–Crippen LogP) is 2.18. The Morgan fingerprint density at radius 1 is 1.00 bits per heavy atom. The second-order valence-corrected chi connectivity index (χ2v) is 9.19. The average molecular weight is 469 g/mol. The number of imide groups is 1. The number of hydrogen-bond acceptors (Lipinski definition) is 7. The molecule has 0 aromatic heterocycles. The summed E-state index contributed by atoms with van der Waals surface area (Å²) in [6.45, 7) is 4.86. The van der Waals surface area contributed by atoms with E-state index < -0.39 is 42.3 Å². The van der Waals surface area contributed by atoms with E-state index in [9.17, 15) is 24.0 Å². The van der Waals surface area contributed by atoms with Crippen molar-refractivity contribution in [1.29, 1.82) is 0 Å². The largest absolute Gasteiger partial charge is 0.462 e. The van der Waals surface area contributed by atoms with E-state index in [4.69, 9.17) is 9.47 Å². The fourth-order valence-electron chi connectivity index (χ4n) is 5.20. The summed E-state index contributed by atoms with van der Waals surface area (Å²) in [5, 5.41) is 2.58. The van der Waals surface area contributed by atoms with E-state index in [1.165, 1.54) is 24.3 Å². The summed E-state index contributed by atoms with van der Waals surface area (Å²) >= 11 is 0. The van der Waals surface area contributed by atoms with Gasteiger partial charge in [0.25, 0.3) is 5.91 Å². The molecule has 2 fully saturated rings. The van der Waals surface area contributed by atoms with Crippen LogP contribution in [0.15, 0.2) is 36.4 Å². The number of rotatable bonds is 8. The highest BCUT2D eigenvalue weighted by molar-refractivity contribution is 6.09. The third-order valence-corrected chi connectivity index (χ3v) is 6.68. The quantitative estimate of drug-likeness (QED) is 0.353. The molecule has 2 bridgehead atoms. The van der Waals surface area contributed by atoms with Crippen LogP contribution in [0.4, 0.5) is 5.69 Å². The molecule has 0 spiro atoms. The number of allylic oxidation sites excluding steroid dienone is 2. The molecule has 34 heavy (non-hydrogen) atoms. The molecule has 0 unspecified atom stereocenters. The summed E-state index contributed by atoms with van der Waals surface area (Å²) in [6, 6.07) is 5.01. The number of nitrogens with one attached hydrogen (secondary N) is 1. The maximum atomic E-state index is 13.1. The first kappa shape index (κ1) is 23.7. The van der Waals surface area contributed by atoms with E-state index >= 15 is 0 Å². The van der Waals surface area contributed by atoms with Crippen molar-refractivity contribution >= 4 is 35.3 Å². The van der Waals surface area contributed by atoms with Gasteiger partial charge in [0.1, 0.15) is 6.04 Å². The molecule has 4 rings (SSSR count). The summed E-state index contributed by atoms with van der Waals surface area (Å²) in [7, 11) is 0. The van der Waals surface area contributed by atoms with Crippen LogP contribution < -0.4 is 5.32 Å². The lowest BCUT2D eigenvalue weighted by Gasteiger charge is -2.28. The first-order valence-electron chi connectivity index (χ1n) is 11.5. The van der Waals surface area contributed by atoms with Gasteiger partial charge >= 0.3 is 11.9 Å². The molecule has 5 atom stereocenters. The molecule has 2 aliphatic carbocycles. The van der Waals surface area contributed by atoms with Crippen LogP contribution in [-0.2, 0) is 28.7 Å². The molecule has 1 heterocycles. The molecule has 1 aliphatic heterocycles. The number of amides is 3. The van der Waals surface area contributed by atoms with Crippen molar-refractivity contribution < 1.29 is 33.4 Å². The number of hydrogen-bond donors (Lipinski definition) is 1. The van der Waals surface area contributed by atoms with Gasteiger partial charge in [0.15, 0.2) is 6.61 Å². The molecule has 1 aromatic rings. The molecule has 0 radical (unpaired) electrons. The molecule has 1 N–H and O–H groups in total. The lowest BCUT2D eigenvalue weighted by molar-refractivity contribution is -0.162. The highest BCUT2D eigenvalue weighted by atomic mass is 16.5. The molecular formula is C25H28N2O7. The van der Waals surface area contributed by atoms with Crippen LogP contribution in [0.25, 0.3) is 0 Å². The van der Waals surface area contributed by atoms with Crippen molar-refractivity contribution in [3.8, 4) is 0 Å². The molecule has 9 heteroatoms. The van der Waals surface area contributed by atoms with Gasteiger partial charge in [0.05, 0.1) is 24.0 Å². The molecule has 9 nitrogen and oxygen atoms in total. The minimum absolute atomic E-state index is 0.0428. The Kier molecular flexibility index (Phi) is 6.54. The van der Waals surface area contributed by atoms with Crippen molar-refractivity contribution in [2.24, 2.45) is 29.6 Å². The van der Waals surface area contributed by atoms with Crippen LogP contribution in [-0.4, -0.2) is 53.8 Å². The zero-order valence-corrected chi connectivity index (χ0v) is 19.4. The fourth-order valence-corrected chi connectivity index (χ4v) is 5.20. The van der Waals surface area contributed by atoms with Gasteiger partial charge in [-0.3, -0.25) is 19.3 Å². The molecule has 1 aromatic carbocycles. The SMILES string of the molecule is CCOC(=O)c1ccc(NC(=O)COC(=O)[C@H](C(C)C)N2C(=O)[C@H]3[C@H](C2=O)[C@H]2C=C[C@H]3C2)cc1. The Morgan fingerprint density at radius 3 is 2.12 bits per heavy atom. The zero-order valence-electron chi connectivity index (χ0n) is 19.4. The van der Waals surface area contributed by atoms with E-state index in [0.717, 1.165) is 11.3 Å². The van der Waals surface area contributed by atoms with E-state index in [0.29, 0.717) is 11.3 Å². The molecule has 1 saturated heterocycles. The Bertz CT molecular complexity index is 1020. The summed E-state index contributed by atoms with van der Waals surface area (Å²) in [6.07, 6.45) is 4.79. The van der Waals surface area contributed by atoms with Gasteiger partial charge in [-0.25, -0.2) is 9.59 Å². The lowest BCUT2D eigenvalue weighted by atomic mass is 9.85. The summed E-state index contributed by atoms with van der Waals surface area (Å²) < 4.78 is 10.1. The van der Waals surface area contributed by atoms with Crippen LogP contribution in [0.2, 0.25) is 0 Å². The second kappa shape index (κ2) is 9.40. The van der Waals surface area contributed by atoms with Gasteiger partial charge in [0, 0.05) is 5.69 Å². The fraction of sp³-hybridized carbons (Fsp3) is 0.480. The van der Waals surface area contributed by atoms with Crippen molar-refractivity contribution in [2.45, 2.75) is 33.2 Å². The van der Waals surface area contributed by atoms with Crippen LogP contribution in [0.3, 0.4) is 0 Å². The first-order valence-corrected chi connectivity index (χ1v) is 11.5. The monoisotopic (exact) mass is 468 g/mol. The normalized spacial score (nSPS) is 25.5. The molecule has 1 saturated carbocycles. The first-order chi connectivity index (χ1) is 16.2. The Labute approximate surface area is 197 Å². The molecule has 3 aliphatic rings. The van der Waals surface area contributed by atoms with Gasteiger partial charge in [-0.05, 0) is 55.4 Å². The van der Waals surface area contributed by atoms with Gasteiger partial charge in [-0.1, -0.05) is 26.0 Å². The third-order valence-electron chi connectivity index (χ3n) is 6.68. The molecule has 180 valence electrons. The minimum atomic E-state index is -1.08. The summed E-state index contributed by atoms with van der Waals surface area (Å²) in [4.78, 5) is 64.1. The number of carbonyl (C=O) groups is 5. The van der Waals surface area contributed by atoms with Crippen molar-refractivity contribution in [3.63, 3.8) is 0 Å². The standard InChI is InChI=1S/C25H28N2O7/c1-4-33-24(31)14-7-9-17(10-8-14)26-18(28)12-34-25(32)21(13(2)3)27-22(29)19-15-5-6-16(11-15)20(19)23(27)30/h5-10,13,15-16,19-21H,4,11-12H2,1-3H3,(H,26,28)/t15-,16-,19+,20+,21-/m0/s1. The second-order valence-electron chi connectivity index (χ2n) is 9.19. The maximum Gasteiger partial charge on any atom is 0.338 e. The summed E-state index contributed by atoms with van der Waals surface area (Å²) in [5.74, 6) is -3.58. The highest BCUT2D eigenvalue weighted by Gasteiger charge is 2.61. The smallest absolute Gasteiger partial charge is 0.338 e. The van der Waals surface area contributed by atoms with Crippen molar-refractivity contribution in [1.82, 2.24) is 4.90 Å². The van der Waals surface area contributed by atoms with Crippen molar-refractivity contribution in [2.75, 3.05) is 18.5 Å². The predicted molar refractivity (Wildman–Crippen MR) is 120 cm³/mol. The number of benzene rings is 1. The summed E-state index contributed by atoms with van der Waals surface area (Å²) in [5.41, 5.74) is 0.759. The van der Waals surface area contributed by atoms with E-state index in [1.807, 2.05) is 12.2 Å². The topological polar surface area (TPSA) is 119 Å².